The second-order valence-corrected chi connectivity index (χ2v) is 7.01. The minimum atomic E-state index is -1.44. The highest BCUT2D eigenvalue weighted by Crippen LogP contribution is 2.30. The number of hydrogen-bond acceptors (Lipinski definition) is 5. The number of carbonyl (C=O) groups excluding carboxylic acids is 4. The molecule has 0 spiro atoms. The molecule has 0 bridgehead atoms. The van der Waals surface area contributed by atoms with Crippen molar-refractivity contribution in [2.45, 2.75) is 13.3 Å². The molecular weight excluding hydrogens is 396 g/mol. The van der Waals surface area contributed by atoms with E-state index in [4.69, 9.17) is 0 Å². The number of aryl methyl sites for hydroxylation is 1. The van der Waals surface area contributed by atoms with E-state index in [1.54, 1.807) is 18.2 Å². The van der Waals surface area contributed by atoms with E-state index in [2.05, 4.69) is 5.32 Å². The molecule has 0 atom stereocenters. The zero-order chi connectivity index (χ0) is 22.1. The molecule has 3 aromatic carbocycles. The summed E-state index contributed by atoms with van der Waals surface area (Å²) in [6.45, 7) is 1.99. The van der Waals surface area contributed by atoms with Gasteiger partial charge in [0.05, 0.1) is 22.8 Å². The van der Waals surface area contributed by atoms with Crippen LogP contribution in [-0.2, 0) is 6.42 Å². The monoisotopic (exact) mass is 413 g/mol. The van der Waals surface area contributed by atoms with Crippen LogP contribution in [0.2, 0.25) is 0 Å². The standard InChI is InChI=1S/C24H18N2O5/c1-2-14-6-3-4-9-20(14)25-21(27)15-7-5-8-17(12-15)26-22(28)18-11-10-16(24(30)31)13-19(18)23(26)29/h3-13H,2H2,1H3,(H,25,27)(H,30,31)/p-1. The maximum Gasteiger partial charge on any atom is 0.266 e. The number of fused-ring (bicyclic) bond motifs is 1. The number of benzene rings is 3. The minimum Gasteiger partial charge on any atom is -0.545 e. The molecule has 31 heavy (non-hydrogen) atoms. The molecule has 1 N–H and O–H groups in total. The number of imide groups is 1. The maximum atomic E-state index is 12.8. The highest BCUT2D eigenvalue weighted by Gasteiger charge is 2.37. The molecule has 0 fully saturated rings. The Morgan fingerprint density at radius 1 is 0.871 bits per heavy atom. The Labute approximate surface area is 177 Å². The quantitative estimate of drug-likeness (QED) is 0.647. The van der Waals surface area contributed by atoms with Crippen molar-refractivity contribution in [2.24, 2.45) is 0 Å². The largest absolute Gasteiger partial charge is 0.545 e. The van der Waals surface area contributed by atoms with E-state index >= 15 is 0 Å². The molecule has 3 amide bonds. The van der Waals surface area contributed by atoms with Gasteiger partial charge in [0.2, 0.25) is 0 Å². The van der Waals surface area contributed by atoms with Gasteiger partial charge >= 0.3 is 0 Å². The molecule has 0 saturated heterocycles. The number of anilines is 2. The van der Waals surface area contributed by atoms with Gasteiger partial charge in [-0.3, -0.25) is 14.4 Å². The van der Waals surface area contributed by atoms with Gasteiger partial charge in [0.15, 0.2) is 0 Å². The minimum absolute atomic E-state index is 0.0153. The van der Waals surface area contributed by atoms with Gasteiger partial charge in [-0.25, -0.2) is 4.90 Å². The number of carbonyl (C=O) groups is 4. The highest BCUT2D eigenvalue weighted by molar-refractivity contribution is 6.34. The molecular formula is C24H17N2O5-. The molecule has 0 saturated carbocycles. The second kappa shape index (κ2) is 7.87. The third-order valence-electron chi connectivity index (χ3n) is 5.14. The summed E-state index contributed by atoms with van der Waals surface area (Å²) in [5.41, 5.74) is 2.06. The van der Waals surface area contributed by atoms with Crippen molar-refractivity contribution < 1.29 is 24.3 Å². The fourth-order valence-electron chi connectivity index (χ4n) is 3.53. The summed E-state index contributed by atoms with van der Waals surface area (Å²) in [6, 6.07) is 17.2. The normalized spacial score (nSPS) is 12.6. The van der Waals surface area contributed by atoms with Crippen molar-refractivity contribution in [3.05, 3.63) is 94.5 Å². The number of amides is 3. The molecule has 7 nitrogen and oxygen atoms in total. The molecule has 7 heteroatoms. The summed E-state index contributed by atoms with van der Waals surface area (Å²) in [4.78, 5) is 50.4. The van der Waals surface area contributed by atoms with Gasteiger partial charge in [0, 0.05) is 11.3 Å². The van der Waals surface area contributed by atoms with Crippen LogP contribution >= 0.6 is 0 Å². The number of para-hydroxylation sites is 1. The van der Waals surface area contributed by atoms with Crippen LogP contribution in [0, 0.1) is 0 Å². The molecule has 1 heterocycles. The summed E-state index contributed by atoms with van der Waals surface area (Å²) >= 11 is 0. The van der Waals surface area contributed by atoms with E-state index in [1.807, 2.05) is 25.1 Å². The van der Waals surface area contributed by atoms with Crippen LogP contribution < -0.4 is 15.3 Å². The van der Waals surface area contributed by atoms with Gasteiger partial charge in [0.1, 0.15) is 0 Å². The van der Waals surface area contributed by atoms with Crippen molar-refractivity contribution in [1.82, 2.24) is 0 Å². The van der Waals surface area contributed by atoms with E-state index in [0.29, 0.717) is 5.69 Å². The maximum absolute atomic E-state index is 12.8. The van der Waals surface area contributed by atoms with Crippen molar-refractivity contribution in [3.8, 4) is 0 Å². The van der Waals surface area contributed by atoms with Crippen molar-refractivity contribution in [1.29, 1.82) is 0 Å². The zero-order valence-corrected chi connectivity index (χ0v) is 16.5. The van der Waals surface area contributed by atoms with Gasteiger partial charge in [0.25, 0.3) is 17.7 Å². The fourth-order valence-corrected chi connectivity index (χ4v) is 3.53. The van der Waals surface area contributed by atoms with Gasteiger partial charge in [-0.1, -0.05) is 37.3 Å². The third kappa shape index (κ3) is 3.57. The summed E-state index contributed by atoms with van der Waals surface area (Å²) in [5, 5.41) is 13.9. The molecule has 1 aliphatic rings. The predicted molar refractivity (Wildman–Crippen MR) is 112 cm³/mol. The molecule has 154 valence electrons. The van der Waals surface area contributed by atoms with Gasteiger partial charge in [-0.2, -0.15) is 0 Å². The van der Waals surface area contributed by atoms with Gasteiger partial charge in [-0.15, -0.1) is 0 Å². The van der Waals surface area contributed by atoms with Crippen molar-refractivity contribution in [3.63, 3.8) is 0 Å². The SMILES string of the molecule is CCc1ccccc1NC(=O)c1cccc(N2C(=O)c3ccc(C(=O)[O-])cc3C2=O)c1. The lowest BCUT2D eigenvalue weighted by molar-refractivity contribution is -0.255. The lowest BCUT2D eigenvalue weighted by Gasteiger charge is -2.15. The van der Waals surface area contributed by atoms with Crippen LogP contribution in [0.25, 0.3) is 0 Å². The first-order valence-corrected chi connectivity index (χ1v) is 9.64. The van der Waals surface area contributed by atoms with Crippen molar-refractivity contribution in [2.75, 3.05) is 10.2 Å². The average Bonchev–Trinajstić information content (AvgIpc) is 3.03. The molecule has 0 aliphatic carbocycles. The number of nitrogens with zero attached hydrogens (tertiary/aromatic N) is 1. The summed E-state index contributed by atoms with van der Waals surface area (Å²) < 4.78 is 0. The summed E-state index contributed by atoms with van der Waals surface area (Å²) in [7, 11) is 0. The Hall–Kier alpha value is -4.26. The van der Waals surface area contributed by atoms with E-state index in [0.717, 1.165) is 23.0 Å². The lowest BCUT2D eigenvalue weighted by atomic mass is 10.1. The average molecular weight is 413 g/mol. The first-order chi connectivity index (χ1) is 14.9. The summed E-state index contributed by atoms with van der Waals surface area (Å²) in [6.07, 6.45) is 0.749. The Balaban J connectivity index is 1.64. The Morgan fingerprint density at radius 2 is 1.61 bits per heavy atom. The van der Waals surface area contributed by atoms with Crippen LogP contribution in [0.3, 0.4) is 0 Å². The smallest absolute Gasteiger partial charge is 0.266 e. The van der Waals surface area contributed by atoms with E-state index < -0.39 is 17.8 Å². The lowest BCUT2D eigenvalue weighted by Crippen LogP contribution is -2.29. The number of aromatic carboxylic acids is 1. The third-order valence-corrected chi connectivity index (χ3v) is 5.14. The van der Waals surface area contributed by atoms with E-state index in [1.165, 1.54) is 24.3 Å². The van der Waals surface area contributed by atoms with E-state index in [9.17, 15) is 24.3 Å². The first kappa shape index (κ1) is 20.0. The van der Waals surface area contributed by atoms with Crippen LogP contribution in [0.5, 0.6) is 0 Å². The van der Waals surface area contributed by atoms with Crippen LogP contribution in [0.15, 0.2) is 66.7 Å². The van der Waals surface area contributed by atoms with Crippen LogP contribution in [0.1, 0.15) is 53.9 Å². The molecule has 3 aromatic rings. The molecule has 0 unspecified atom stereocenters. The molecule has 4 rings (SSSR count). The molecule has 0 radical (unpaired) electrons. The fraction of sp³-hybridized carbons (Fsp3) is 0.0833. The number of carboxylic acids is 1. The van der Waals surface area contributed by atoms with E-state index in [-0.39, 0.29) is 33.8 Å². The Morgan fingerprint density at radius 3 is 2.35 bits per heavy atom. The van der Waals surface area contributed by atoms with Crippen LogP contribution in [0.4, 0.5) is 11.4 Å². The number of rotatable bonds is 5. The van der Waals surface area contributed by atoms with Crippen molar-refractivity contribution >= 4 is 35.1 Å². The highest BCUT2D eigenvalue weighted by atomic mass is 16.4. The number of hydrogen-bond donors (Lipinski definition) is 1. The van der Waals surface area contributed by atoms with Crippen LogP contribution in [-0.4, -0.2) is 23.7 Å². The van der Waals surface area contributed by atoms with Gasteiger partial charge in [-0.05, 0) is 53.9 Å². The topological polar surface area (TPSA) is 107 Å². The predicted octanol–water partition coefficient (Wildman–Crippen LogP) is 2.67. The molecule has 0 aromatic heterocycles. The first-order valence-electron chi connectivity index (χ1n) is 9.64. The number of nitrogens with one attached hydrogen (secondary N) is 1. The number of carboxylic acid groups (broad SMARTS) is 1. The molecule has 1 aliphatic heterocycles. The Kier molecular flexibility index (Phi) is 5.09. The summed E-state index contributed by atoms with van der Waals surface area (Å²) in [5.74, 6) is -3.05. The Bertz CT molecular complexity index is 1250. The second-order valence-electron chi connectivity index (χ2n) is 7.01. The van der Waals surface area contributed by atoms with Gasteiger partial charge < -0.3 is 15.2 Å². The zero-order valence-electron chi connectivity index (χ0n) is 16.5.